The summed E-state index contributed by atoms with van der Waals surface area (Å²) in [5, 5.41) is 12.8. The van der Waals surface area contributed by atoms with Gasteiger partial charge in [-0.15, -0.1) is 39.5 Å². The molecule has 2 N–H and O–H groups in total. The maximum Gasteiger partial charge on any atom is 0.573 e. The lowest BCUT2D eigenvalue weighted by molar-refractivity contribution is -0.445. The van der Waals surface area contributed by atoms with Gasteiger partial charge in [-0.2, -0.15) is 9.90 Å². The van der Waals surface area contributed by atoms with Crippen molar-refractivity contribution in [2.75, 3.05) is 22.7 Å². The molecule has 3 aromatic carbocycles. The molecule has 0 bridgehead atoms. The third-order valence-electron chi connectivity index (χ3n) is 4.50. The number of hydrogen-bond acceptors (Lipinski definition) is 8. The van der Waals surface area contributed by atoms with E-state index in [9.17, 15) is 67.1 Å². The minimum atomic E-state index is -5.02. The number of halogens is 12. The maximum absolute atomic E-state index is 13.1. The Bertz CT molecular complexity index is 1650. The number of carbonyl (C=O) groups excluding carboxylic acids is 3. The molecule has 288 valence electrons. The minimum absolute atomic E-state index is 0.0247. The quantitative estimate of drug-likeness (QED) is 0.146. The van der Waals surface area contributed by atoms with Crippen LogP contribution in [-0.2, 0) is 19.2 Å². The Morgan fingerprint density at radius 1 is 0.692 bits per heavy atom. The smallest absolute Gasteiger partial charge is 0.404 e. The van der Waals surface area contributed by atoms with E-state index in [0.717, 1.165) is 82.4 Å². The molecule has 24 heteroatoms. The van der Waals surface area contributed by atoms with Crippen LogP contribution in [0.25, 0.3) is 0 Å². The summed E-state index contributed by atoms with van der Waals surface area (Å²) in [6.45, 7) is 3.04. The standard InChI is InChI=1S/3C9H7F4NO2.CH3NO2/c1-5(15)14-7-4-6(10)2-3-8(7)16-9(11,12)13;1-6(15)14(16-9(11,12)13)8-4-2-3-7(10)5-8;1-5(15)14-7-4-2-3-6(10)8(7)16-9(11,12)13;1-2(3)4/h2-4H,1H3,(H,14,15);2-5H,1H3;2-4H,1H3,(H,14,15);1H3. The lowest BCUT2D eigenvalue weighted by Crippen LogP contribution is -2.35. The zero-order valence-corrected chi connectivity index (χ0v) is 26.5. The Kier molecular flexibility index (Phi) is 17.9. The van der Waals surface area contributed by atoms with Crippen molar-refractivity contribution in [2.24, 2.45) is 0 Å². The number of alkyl halides is 9. The minimum Gasteiger partial charge on any atom is -0.404 e. The van der Waals surface area contributed by atoms with Crippen LogP contribution in [0.2, 0.25) is 0 Å². The van der Waals surface area contributed by atoms with E-state index in [2.05, 4.69) is 14.3 Å². The number of para-hydroxylation sites is 1. The molecule has 0 aliphatic carbocycles. The highest BCUT2D eigenvalue weighted by Crippen LogP contribution is 2.33. The Labute approximate surface area is 283 Å². The largest absolute Gasteiger partial charge is 0.573 e. The molecule has 0 radical (unpaired) electrons. The van der Waals surface area contributed by atoms with E-state index in [4.69, 9.17) is 10.1 Å². The van der Waals surface area contributed by atoms with Gasteiger partial charge in [-0.25, -0.2) is 13.2 Å². The van der Waals surface area contributed by atoms with Crippen molar-refractivity contribution in [3.8, 4) is 11.5 Å². The topological polar surface area (TPSA) is 149 Å². The van der Waals surface area contributed by atoms with Gasteiger partial charge in [0.25, 0.3) is 0 Å². The molecule has 3 rings (SSSR count). The van der Waals surface area contributed by atoms with E-state index in [1.54, 1.807) is 0 Å². The van der Waals surface area contributed by atoms with Crippen molar-refractivity contribution in [3.63, 3.8) is 0 Å². The molecule has 0 fully saturated rings. The molecule has 0 aliphatic heterocycles. The fourth-order valence-corrected chi connectivity index (χ4v) is 3.02. The van der Waals surface area contributed by atoms with E-state index >= 15 is 0 Å². The lowest BCUT2D eigenvalue weighted by atomic mass is 10.3. The highest BCUT2D eigenvalue weighted by molar-refractivity contribution is 5.91. The second-order valence-corrected chi connectivity index (χ2v) is 8.98. The van der Waals surface area contributed by atoms with E-state index < -0.39 is 70.7 Å². The van der Waals surface area contributed by atoms with Crippen molar-refractivity contribution < 1.29 is 86.3 Å². The summed E-state index contributed by atoms with van der Waals surface area (Å²) in [5.41, 5.74) is -1.07. The Balaban J connectivity index is 0.000000712. The number of nitro groups is 1. The van der Waals surface area contributed by atoms with Gasteiger partial charge in [0.05, 0.1) is 17.1 Å². The molecule has 0 unspecified atom stereocenters. The van der Waals surface area contributed by atoms with Crippen LogP contribution in [0.3, 0.4) is 0 Å². The van der Waals surface area contributed by atoms with Crippen LogP contribution < -0.4 is 25.2 Å². The van der Waals surface area contributed by atoms with Gasteiger partial charge in [0, 0.05) is 37.8 Å². The number of benzene rings is 3. The van der Waals surface area contributed by atoms with Gasteiger partial charge >= 0.3 is 19.1 Å². The summed E-state index contributed by atoms with van der Waals surface area (Å²) in [5.74, 6) is -6.73. The second-order valence-electron chi connectivity index (χ2n) is 8.98. The molecular weight excluding hydrogens is 748 g/mol. The molecule has 3 amide bonds. The summed E-state index contributed by atoms with van der Waals surface area (Å²) >= 11 is 0. The van der Waals surface area contributed by atoms with Crippen LogP contribution in [0.5, 0.6) is 11.5 Å². The number of ether oxygens (including phenoxy) is 2. The second kappa shape index (κ2) is 20.1. The summed E-state index contributed by atoms with van der Waals surface area (Å²) in [6.07, 6.45) is -14.9. The van der Waals surface area contributed by atoms with Crippen molar-refractivity contribution in [2.45, 2.75) is 39.9 Å². The molecule has 52 heavy (non-hydrogen) atoms. The molecule has 0 aromatic heterocycles. The van der Waals surface area contributed by atoms with Gasteiger partial charge in [0.2, 0.25) is 17.7 Å². The maximum atomic E-state index is 13.1. The average molecular weight is 772 g/mol. The summed E-state index contributed by atoms with van der Waals surface area (Å²) in [4.78, 5) is 44.0. The molecule has 0 saturated carbocycles. The molecule has 12 nitrogen and oxygen atoms in total. The number of amides is 3. The van der Waals surface area contributed by atoms with Crippen molar-refractivity contribution in [3.05, 3.63) is 88.2 Å². The van der Waals surface area contributed by atoms with Gasteiger partial charge in [-0.3, -0.25) is 24.5 Å². The van der Waals surface area contributed by atoms with E-state index in [1.807, 2.05) is 10.6 Å². The van der Waals surface area contributed by atoms with E-state index in [0.29, 0.717) is 0 Å². The third kappa shape index (κ3) is 21.3. The number of rotatable bonds is 6. The SMILES string of the molecule is CC(=O)N(OC(F)(F)F)c1cccc(F)c1.CC(=O)Nc1cc(F)ccc1OC(F)(F)F.CC(=O)Nc1cccc(F)c1OC(F)(F)F.C[N+](=O)[O-]. The monoisotopic (exact) mass is 772 g/mol. The first-order valence-corrected chi connectivity index (χ1v) is 13.1. The molecule has 0 spiro atoms. The normalized spacial score (nSPS) is 10.8. The van der Waals surface area contributed by atoms with Crippen molar-refractivity contribution in [1.82, 2.24) is 0 Å². The Hall–Kier alpha value is -5.81. The van der Waals surface area contributed by atoms with Gasteiger partial charge < -0.3 is 20.1 Å². The van der Waals surface area contributed by atoms with Gasteiger partial charge in [0.1, 0.15) is 11.6 Å². The molecule has 0 aliphatic rings. The number of nitrogens with zero attached hydrogens (tertiary/aromatic N) is 2. The summed E-state index contributed by atoms with van der Waals surface area (Å²) < 4.78 is 153. The van der Waals surface area contributed by atoms with Gasteiger partial charge in [0.15, 0.2) is 24.4 Å². The number of carbonyl (C=O) groups is 3. The van der Waals surface area contributed by atoms with Crippen LogP contribution >= 0.6 is 0 Å². The predicted octanol–water partition coefficient (Wildman–Crippen LogP) is 7.89. The van der Waals surface area contributed by atoms with Crippen molar-refractivity contribution in [1.29, 1.82) is 0 Å². The Morgan fingerprint density at radius 2 is 1.17 bits per heavy atom. The van der Waals surface area contributed by atoms with Gasteiger partial charge in [-0.1, -0.05) is 12.1 Å². The highest BCUT2D eigenvalue weighted by Gasteiger charge is 2.36. The highest BCUT2D eigenvalue weighted by atomic mass is 19.4. The van der Waals surface area contributed by atoms with Crippen LogP contribution in [0, 0.1) is 27.6 Å². The number of anilines is 3. The summed E-state index contributed by atoms with van der Waals surface area (Å²) in [7, 11) is 0.889. The van der Waals surface area contributed by atoms with Crippen LogP contribution in [0.4, 0.5) is 69.7 Å². The molecule has 3 aromatic rings. The average Bonchev–Trinajstić information content (AvgIpc) is 2.93. The van der Waals surface area contributed by atoms with Crippen LogP contribution in [-0.4, -0.2) is 48.8 Å². The zero-order chi connectivity index (χ0) is 40.6. The molecular formula is C28H24F12N4O8. The number of hydroxylamine groups is 1. The fourth-order valence-electron chi connectivity index (χ4n) is 3.02. The van der Waals surface area contributed by atoms with Crippen molar-refractivity contribution >= 4 is 34.8 Å². The fraction of sp³-hybridized carbons (Fsp3) is 0.250. The first-order valence-electron chi connectivity index (χ1n) is 13.1. The number of nitrogens with one attached hydrogen (secondary N) is 2. The van der Waals surface area contributed by atoms with Crippen LogP contribution in [0.1, 0.15) is 20.8 Å². The first kappa shape index (κ1) is 46.2. The van der Waals surface area contributed by atoms with Gasteiger partial charge in [-0.05, 0) is 36.4 Å². The molecule has 0 heterocycles. The summed E-state index contributed by atoms with van der Waals surface area (Å²) in [6, 6.07) is 9.46. The zero-order valence-electron chi connectivity index (χ0n) is 26.5. The molecule has 0 atom stereocenters. The number of hydrogen-bond donors (Lipinski definition) is 2. The Morgan fingerprint density at radius 3 is 1.62 bits per heavy atom. The van der Waals surface area contributed by atoms with E-state index in [-0.39, 0.29) is 22.1 Å². The lowest BCUT2D eigenvalue weighted by Gasteiger charge is -2.21. The van der Waals surface area contributed by atoms with E-state index in [1.165, 1.54) is 6.07 Å². The first-order chi connectivity index (χ1) is 23.6. The predicted molar refractivity (Wildman–Crippen MR) is 154 cm³/mol. The molecule has 0 saturated heterocycles. The van der Waals surface area contributed by atoms with Crippen LogP contribution in [0.15, 0.2) is 60.7 Å². The third-order valence-corrected chi connectivity index (χ3v) is 4.50.